The molecule has 2 heterocycles. The van der Waals surface area contributed by atoms with Gasteiger partial charge in [-0.3, -0.25) is 4.79 Å². The van der Waals surface area contributed by atoms with E-state index in [0.29, 0.717) is 0 Å². The molecule has 0 radical (unpaired) electrons. The molecule has 0 aromatic carbocycles. The van der Waals surface area contributed by atoms with Crippen LogP contribution >= 0.6 is 0 Å². The van der Waals surface area contributed by atoms with Crippen molar-refractivity contribution in [2.24, 2.45) is 0 Å². The second-order valence-corrected chi connectivity index (χ2v) is 4.94. The highest BCUT2D eigenvalue weighted by Crippen LogP contribution is 2.20. The van der Waals surface area contributed by atoms with Crippen LogP contribution in [0.25, 0.3) is 0 Å². The number of hydrogen-bond acceptors (Lipinski definition) is 4. The van der Waals surface area contributed by atoms with Crippen LogP contribution in [0.15, 0.2) is 6.33 Å². The van der Waals surface area contributed by atoms with Gasteiger partial charge in [-0.25, -0.2) is 9.78 Å². The highest BCUT2D eigenvalue weighted by atomic mass is 16.4. The summed E-state index contributed by atoms with van der Waals surface area (Å²) in [5.41, 5.74) is 1.55. The Labute approximate surface area is 111 Å². The number of carboxylic acids is 1. The zero-order valence-electron chi connectivity index (χ0n) is 11.0. The van der Waals surface area contributed by atoms with Gasteiger partial charge in [0.05, 0.1) is 30.8 Å². The molecular weight excluding hydrogens is 248 g/mol. The zero-order valence-corrected chi connectivity index (χ0v) is 11.0. The summed E-state index contributed by atoms with van der Waals surface area (Å²) >= 11 is 0. The first-order chi connectivity index (χ1) is 8.99. The molecule has 1 aromatic heterocycles. The van der Waals surface area contributed by atoms with Crippen molar-refractivity contribution in [2.45, 2.75) is 38.9 Å². The normalized spacial score (nSPS) is 18.5. The maximum Gasteiger partial charge on any atom is 0.326 e. The van der Waals surface area contributed by atoms with Crippen molar-refractivity contribution in [1.82, 2.24) is 20.2 Å². The van der Waals surface area contributed by atoms with Gasteiger partial charge in [0.2, 0.25) is 5.91 Å². The molecule has 0 fully saturated rings. The minimum absolute atomic E-state index is 0.144. The number of carbonyl (C=O) groups excluding carboxylic acids is 1. The molecule has 0 saturated heterocycles. The Balaban J connectivity index is 2.13. The van der Waals surface area contributed by atoms with Crippen molar-refractivity contribution >= 4 is 11.9 Å². The molecule has 0 aliphatic carbocycles. The summed E-state index contributed by atoms with van der Waals surface area (Å²) in [6.07, 6.45) is 1.78. The lowest BCUT2D eigenvalue weighted by Gasteiger charge is -2.32. The maximum absolute atomic E-state index is 12.1. The minimum atomic E-state index is -0.994. The van der Waals surface area contributed by atoms with E-state index in [1.54, 1.807) is 0 Å². The smallest absolute Gasteiger partial charge is 0.326 e. The Morgan fingerprint density at radius 2 is 2.37 bits per heavy atom. The third-order valence-electron chi connectivity index (χ3n) is 3.17. The number of rotatable bonds is 4. The van der Waals surface area contributed by atoms with Crippen molar-refractivity contribution in [3.05, 3.63) is 17.7 Å². The van der Waals surface area contributed by atoms with Crippen LogP contribution in [-0.4, -0.2) is 50.5 Å². The highest BCUT2D eigenvalue weighted by molar-refractivity contribution is 5.85. The molecule has 1 unspecified atom stereocenters. The number of aromatic amines is 1. The third kappa shape index (κ3) is 2.93. The summed E-state index contributed by atoms with van der Waals surface area (Å²) in [6.45, 7) is 4.28. The fourth-order valence-corrected chi connectivity index (χ4v) is 2.11. The Morgan fingerprint density at radius 3 is 3.00 bits per heavy atom. The van der Waals surface area contributed by atoms with Crippen LogP contribution in [0.1, 0.15) is 25.2 Å². The summed E-state index contributed by atoms with van der Waals surface area (Å²) in [5.74, 6) is -1.20. The summed E-state index contributed by atoms with van der Waals surface area (Å²) in [7, 11) is 0. The largest absolute Gasteiger partial charge is 0.480 e. The Morgan fingerprint density at radius 1 is 1.63 bits per heavy atom. The number of aliphatic carboxylic acids is 1. The van der Waals surface area contributed by atoms with Crippen molar-refractivity contribution in [2.75, 3.05) is 6.54 Å². The Hall–Kier alpha value is -1.89. The summed E-state index contributed by atoms with van der Waals surface area (Å²) in [6, 6.07) is -0.656. The predicted octanol–water partition coefficient (Wildman–Crippen LogP) is -0.254. The first-order valence-corrected chi connectivity index (χ1v) is 6.25. The number of imidazole rings is 1. The zero-order chi connectivity index (χ0) is 14.0. The highest BCUT2D eigenvalue weighted by Gasteiger charge is 2.35. The molecule has 0 spiro atoms. The lowest BCUT2D eigenvalue weighted by Crippen LogP contribution is -2.51. The number of fused-ring (bicyclic) bond motifs is 1. The van der Waals surface area contributed by atoms with E-state index in [1.165, 1.54) is 11.2 Å². The van der Waals surface area contributed by atoms with E-state index >= 15 is 0 Å². The van der Waals surface area contributed by atoms with Crippen molar-refractivity contribution in [3.8, 4) is 0 Å². The van der Waals surface area contributed by atoms with Gasteiger partial charge in [0, 0.05) is 12.5 Å². The summed E-state index contributed by atoms with van der Waals surface area (Å²) in [5, 5.41) is 12.3. The van der Waals surface area contributed by atoms with Gasteiger partial charge in [0.25, 0.3) is 0 Å². The fourth-order valence-electron chi connectivity index (χ4n) is 2.11. The number of aromatic nitrogens is 2. The van der Waals surface area contributed by atoms with Gasteiger partial charge in [-0.2, -0.15) is 0 Å². The first-order valence-electron chi connectivity index (χ1n) is 6.25. The number of amides is 1. The van der Waals surface area contributed by atoms with Crippen LogP contribution in [0.5, 0.6) is 0 Å². The number of H-pyrrole nitrogens is 1. The lowest BCUT2D eigenvalue weighted by atomic mass is 10.0. The summed E-state index contributed by atoms with van der Waals surface area (Å²) < 4.78 is 0. The average molecular weight is 266 g/mol. The van der Waals surface area contributed by atoms with Crippen LogP contribution < -0.4 is 5.32 Å². The van der Waals surface area contributed by atoms with Crippen molar-refractivity contribution in [1.29, 1.82) is 0 Å². The van der Waals surface area contributed by atoms with Gasteiger partial charge in [0.15, 0.2) is 0 Å². The Kier molecular flexibility index (Phi) is 3.84. The monoisotopic (exact) mass is 266 g/mol. The quantitative estimate of drug-likeness (QED) is 0.698. The molecular formula is C12H18N4O3. The van der Waals surface area contributed by atoms with E-state index in [-0.39, 0.29) is 31.5 Å². The molecule has 0 saturated carbocycles. The molecule has 7 nitrogen and oxygen atoms in total. The van der Waals surface area contributed by atoms with E-state index in [4.69, 9.17) is 0 Å². The van der Waals surface area contributed by atoms with E-state index < -0.39 is 12.0 Å². The standard InChI is InChI=1S/C12H18N4O3/c1-7(2)13-4-11(17)16-5-9-8(14-6-15-9)3-10(16)12(18)19/h6-7,10,13H,3-5H2,1-2H3,(H,14,15)(H,18,19). The van der Waals surface area contributed by atoms with Crippen molar-refractivity contribution < 1.29 is 14.7 Å². The predicted molar refractivity (Wildman–Crippen MR) is 67.4 cm³/mol. The molecule has 3 N–H and O–H groups in total. The third-order valence-corrected chi connectivity index (χ3v) is 3.17. The topological polar surface area (TPSA) is 98.3 Å². The number of nitrogens with one attached hydrogen (secondary N) is 2. The molecule has 1 aliphatic heterocycles. The van der Waals surface area contributed by atoms with Crippen LogP contribution in [0.2, 0.25) is 0 Å². The molecule has 1 aliphatic rings. The number of carbonyl (C=O) groups is 2. The number of nitrogens with zero attached hydrogens (tertiary/aromatic N) is 2. The van der Waals surface area contributed by atoms with E-state index in [2.05, 4.69) is 15.3 Å². The summed E-state index contributed by atoms with van der Waals surface area (Å²) in [4.78, 5) is 31.8. The number of hydrogen-bond donors (Lipinski definition) is 3. The van der Waals surface area contributed by atoms with E-state index in [9.17, 15) is 14.7 Å². The molecule has 0 bridgehead atoms. The molecule has 7 heteroatoms. The minimum Gasteiger partial charge on any atom is -0.480 e. The van der Waals surface area contributed by atoms with Gasteiger partial charge in [-0.15, -0.1) is 0 Å². The van der Waals surface area contributed by atoms with Gasteiger partial charge < -0.3 is 20.3 Å². The van der Waals surface area contributed by atoms with Gasteiger partial charge in [-0.05, 0) is 0 Å². The van der Waals surface area contributed by atoms with E-state index in [1.807, 2.05) is 13.8 Å². The van der Waals surface area contributed by atoms with Gasteiger partial charge in [-0.1, -0.05) is 13.8 Å². The van der Waals surface area contributed by atoms with Crippen LogP contribution in [-0.2, 0) is 22.6 Å². The van der Waals surface area contributed by atoms with Crippen LogP contribution in [0.4, 0.5) is 0 Å². The fraction of sp³-hybridized carbons (Fsp3) is 0.583. The molecule has 1 amide bonds. The maximum atomic E-state index is 12.1. The average Bonchev–Trinajstić information content (AvgIpc) is 2.81. The molecule has 1 aromatic rings. The van der Waals surface area contributed by atoms with Crippen LogP contribution in [0, 0.1) is 0 Å². The lowest BCUT2D eigenvalue weighted by molar-refractivity contribution is -0.151. The van der Waals surface area contributed by atoms with Crippen molar-refractivity contribution in [3.63, 3.8) is 0 Å². The number of carboxylic acid groups (broad SMARTS) is 1. The molecule has 2 rings (SSSR count). The molecule has 104 valence electrons. The second-order valence-electron chi connectivity index (χ2n) is 4.94. The van der Waals surface area contributed by atoms with Gasteiger partial charge >= 0.3 is 5.97 Å². The molecule has 1 atom stereocenters. The SMILES string of the molecule is CC(C)NCC(=O)N1Cc2[nH]cnc2CC1C(=O)O. The van der Waals surface area contributed by atoms with Crippen LogP contribution in [0.3, 0.4) is 0 Å². The first kappa shape index (κ1) is 13.5. The second kappa shape index (κ2) is 5.40. The molecule has 19 heavy (non-hydrogen) atoms. The van der Waals surface area contributed by atoms with E-state index in [0.717, 1.165) is 11.4 Å². The van der Waals surface area contributed by atoms with Gasteiger partial charge in [0.1, 0.15) is 6.04 Å². The Bertz CT molecular complexity index is 483.